The fourth-order valence-electron chi connectivity index (χ4n) is 5.48. The van der Waals surface area contributed by atoms with Gasteiger partial charge >= 0.3 is 0 Å². The first-order valence-electron chi connectivity index (χ1n) is 11.3. The van der Waals surface area contributed by atoms with E-state index in [4.69, 9.17) is 20.2 Å². The van der Waals surface area contributed by atoms with E-state index in [0.29, 0.717) is 60.1 Å². The van der Waals surface area contributed by atoms with Crippen LogP contribution in [0.1, 0.15) is 38.5 Å². The highest BCUT2D eigenvalue weighted by Crippen LogP contribution is 2.40. The van der Waals surface area contributed by atoms with Gasteiger partial charge in [0, 0.05) is 30.6 Å². The van der Waals surface area contributed by atoms with Crippen LogP contribution in [0.4, 0.5) is 11.8 Å². The van der Waals surface area contributed by atoms with E-state index in [1.54, 1.807) is 31.3 Å². The summed E-state index contributed by atoms with van der Waals surface area (Å²) >= 11 is 0. The molecule has 3 heterocycles. The van der Waals surface area contributed by atoms with E-state index in [-0.39, 0.29) is 29.7 Å². The smallest absolute Gasteiger partial charge is 0.233 e. The molecule has 2 amide bonds. The maximum Gasteiger partial charge on any atom is 0.233 e. The number of ether oxygens (including phenoxy) is 2. The van der Waals surface area contributed by atoms with Gasteiger partial charge in [-0.1, -0.05) is 12.8 Å². The lowest BCUT2D eigenvalue weighted by atomic mass is 9.81. The first kappa shape index (κ1) is 20.8. The summed E-state index contributed by atoms with van der Waals surface area (Å²) < 4.78 is 10.7. The number of benzene rings is 1. The number of imide groups is 1. The number of aromatic nitrogens is 2. The van der Waals surface area contributed by atoms with Crippen molar-refractivity contribution < 1.29 is 19.1 Å². The van der Waals surface area contributed by atoms with Crippen molar-refractivity contribution in [3.05, 3.63) is 12.1 Å². The predicted octanol–water partition coefficient (Wildman–Crippen LogP) is 2.37. The van der Waals surface area contributed by atoms with Crippen LogP contribution in [0, 0.1) is 11.8 Å². The Balaban J connectivity index is 1.34. The lowest BCUT2D eigenvalue weighted by Crippen LogP contribution is -2.48. The van der Waals surface area contributed by atoms with Crippen molar-refractivity contribution >= 4 is 34.5 Å². The van der Waals surface area contributed by atoms with Crippen LogP contribution in [0.15, 0.2) is 12.1 Å². The van der Waals surface area contributed by atoms with Crippen molar-refractivity contribution in [3.63, 3.8) is 0 Å². The third-order valence-corrected chi connectivity index (χ3v) is 7.21. The van der Waals surface area contributed by atoms with Gasteiger partial charge in [0.15, 0.2) is 11.5 Å². The molecule has 0 bridgehead atoms. The Labute approximate surface area is 186 Å². The highest BCUT2D eigenvalue weighted by Gasteiger charge is 2.50. The molecule has 2 atom stereocenters. The van der Waals surface area contributed by atoms with Crippen LogP contribution in [-0.4, -0.2) is 60.0 Å². The molecule has 2 unspecified atom stereocenters. The summed E-state index contributed by atoms with van der Waals surface area (Å²) in [4.78, 5) is 38.7. The third-order valence-electron chi connectivity index (χ3n) is 7.21. The van der Waals surface area contributed by atoms with Crippen molar-refractivity contribution in [2.75, 3.05) is 37.9 Å². The quantitative estimate of drug-likeness (QED) is 0.723. The molecule has 9 heteroatoms. The predicted molar refractivity (Wildman–Crippen MR) is 120 cm³/mol. The largest absolute Gasteiger partial charge is 0.493 e. The summed E-state index contributed by atoms with van der Waals surface area (Å²) in [5.74, 6) is 1.99. The van der Waals surface area contributed by atoms with Gasteiger partial charge in [-0.25, -0.2) is 4.98 Å². The van der Waals surface area contributed by atoms with E-state index in [9.17, 15) is 9.59 Å². The number of fused-ring (bicyclic) bond motifs is 2. The summed E-state index contributed by atoms with van der Waals surface area (Å²) in [6.45, 7) is 1.32. The Kier molecular flexibility index (Phi) is 5.27. The molecule has 1 aromatic heterocycles. The molecule has 0 spiro atoms. The standard InChI is InChI=1S/C23H29N5O4/c1-31-18-11-16-17(12-19(18)32-2)25-23(26-20(16)24)27-9-7-13(8-10-27)28-21(29)14-5-3-4-6-15(14)22(28)30/h11-15H,3-10H2,1-2H3,(H2,24,25,26). The first-order chi connectivity index (χ1) is 15.5. The van der Waals surface area contributed by atoms with Gasteiger partial charge in [0.2, 0.25) is 17.8 Å². The molecule has 32 heavy (non-hydrogen) atoms. The summed E-state index contributed by atoms with van der Waals surface area (Å²) in [5.41, 5.74) is 6.92. The second kappa shape index (κ2) is 8.11. The molecule has 170 valence electrons. The zero-order chi connectivity index (χ0) is 22.4. The first-order valence-corrected chi connectivity index (χ1v) is 11.3. The molecule has 2 saturated heterocycles. The second-order valence-electron chi connectivity index (χ2n) is 8.90. The van der Waals surface area contributed by atoms with Gasteiger partial charge in [0.25, 0.3) is 0 Å². The molecule has 9 nitrogen and oxygen atoms in total. The maximum absolute atomic E-state index is 12.9. The van der Waals surface area contributed by atoms with Gasteiger partial charge in [-0.3, -0.25) is 14.5 Å². The molecule has 3 aliphatic rings. The average Bonchev–Trinajstić information content (AvgIpc) is 3.08. The third kappa shape index (κ3) is 3.30. The lowest BCUT2D eigenvalue weighted by molar-refractivity contribution is -0.143. The molecule has 5 rings (SSSR count). The van der Waals surface area contributed by atoms with Gasteiger partial charge in [-0.05, 0) is 31.7 Å². The van der Waals surface area contributed by atoms with Crippen molar-refractivity contribution in [1.82, 2.24) is 14.9 Å². The lowest BCUT2D eigenvalue weighted by Gasteiger charge is -2.36. The molecule has 2 aromatic rings. The zero-order valence-electron chi connectivity index (χ0n) is 18.5. The van der Waals surface area contributed by atoms with Crippen LogP contribution in [0.2, 0.25) is 0 Å². The van der Waals surface area contributed by atoms with Crippen LogP contribution in [0.25, 0.3) is 10.9 Å². The van der Waals surface area contributed by atoms with Crippen LogP contribution in [-0.2, 0) is 9.59 Å². The van der Waals surface area contributed by atoms with Gasteiger partial charge in [-0.15, -0.1) is 0 Å². The normalized spacial score (nSPS) is 24.2. The van der Waals surface area contributed by atoms with Gasteiger partial charge in [-0.2, -0.15) is 4.98 Å². The van der Waals surface area contributed by atoms with E-state index in [2.05, 4.69) is 9.88 Å². The van der Waals surface area contributed by atoms with Crippen molar-refractivity contribution in [2.45, 2.75) is 44.6 Å². The number of rotatable bonds is 4. The number of carbonyl (C=O) groups is 2. The van der Waals surface area contributed by atoms with Crippen LogP contribution in [0.3, 0.4) is 0 Å². The van der Waals surface area contributed by atoms with Crippen LogP contribution < -0.4 is 20.1 Å². The Bertz CT molecular complexity index is 1040. The molecular formula is C23H29N5O4. The van der Waals surface area contributed by atoms with E-state index in [0.717, 1.165) is 25.7 Å². The van der Waals surface area contributed by atoms with Gasteiger partial charge in [0.1, 0.15) is 5.82 Å². The molecular weight excluding hydrogens is 410 g/mol. The summed E-state index contributed by atoms with van der Waals surface area (Å²) in [5, 5.41) is 0.706. The van der Waals surface area contributed by atoms with Crippen LogP contribution >= 0.6 is 0 Å². The number of anilines is 2. The molecule has 2 aliphatic heterocycles. The summed E-state index contributed by atoms with van der Waals surface area (Å²) in [7, 11) is 3.15. The van der Waals surface area contributed by atoms with Crippen molar-refractivity contribution in [2.24, 2.45) is 11.8 Å². The van der Waals surface area contributed by atoms with Crippen molar-refractivity contribution in [3.8, 4) is 11.5 Å². The monoisotopic (exact) mass is 439 g/mol. The number of hydrogen-bond donors (Lipinski definition) is 1. The number of methoxy groups -OCH3 is 2. The molecule has 2 N–H and O–H groups in total. The fourth-order valence-corrected chi connectivity index (χ4v) is 5.48. The van der Waals surface area contributed by atoms with Crippen LogP contribution in [0.5, 0.6) is 11.5 Å². The molecule has 1 aromatic carbocycles. The highest BCUT2D eigenvalue weighted by molar-refractivity contribution is 6.05. The molecule has 1 saturated carbocycles. The number of likely N-dealkylation sites (tertiary alicyclic amines) is 1. The number of amides is 2. The Morgan fingerprint density at radius 2 is 1.50 bits per heavy atom. The summed E-state index contributed by atoms with van der Waals surface area (Å²) in [6, 6.07) is 3.54. The number of piperidine rings is 1. The average molecular weight is 440 g/mol. The Morgan fingerprint density at radius 3 is 2.09 bits per heavy atom. The minimum atomic E-state index is -0.0927. The van der Waals surface area contributed by atoms with Gasteiger partial charge < -0.3 is 20.1 Å². The maximum atomic E-state index is 12.9. The Morgan fingerprint density at radius 1 is 0.906 bits per heavy atom. The molecule has 0 radical (unpaired) electrons. The summed E-state index contributed by atoms with van der Waals surface area (Å²) in [6.07, 6.45) is 5.22. The van der Waals surface area contributed by atoms with Gasteiger partial charge in [0.05, 0.1) is 31.6 Å². The van der Waals surface area contributed by atoms with E-state index in [1.165, 1.54) is 0 Å². The zero-order valence-corrected chi connectivity index (χ0v) is 18.5. The number of nitrogens with two attached hydrogens (primary N) is 1. The number of nitrogen functional groups attached to an aromatic ring is 1. The minimum absolute atomic E-state index is 0.0426. The van der Waals surface area contributed by atoms with E-state index < -0.39 is 0 Å². The fraction of sp³-hybridized carbons (Fsp3) is 0.565. The highest BCUT2D eigenvalue weighted by atomic mass is 16.5. The number of nitrogens with zero attached hydrogens (tertiary/aromatic N) is 4. The number of hydrogen-bond acceptors (Lipinski definition) is 8. The van der Waals surface area contributed by atoms with E-state index in [1.807, 2.05) is 0 Å². The second-order valence-corrected chi connectivity index (χ2v) is 8.90. The Hall–Kier alpha value is -3.10. The SMILES string of the molecule is COc1cc2nc(N3CCC(N4C(=O)C5CCCCC5C4=O)CC3)nc(N)c2cc1OC. The molecule has 3 fully saturated rings. The van der Waals surface area contributed by atoms with Crippen molar-refractivity contribution in [1.29, 1.82) is 0 Å². The number of carbonyl (C=O) groups excluding carboxylic acids is 2. The molecule has 1 aliphatic carbocycles. The van der Waals surface area contributed by atoms with E-state index >= 15 is 0 Å². The topological polar surface area (TPSA) is 111 Å². The minimum Gasteiger partial charge on any atom is -0.493 e.